The highest BCUT2D eigenvalue weighted by atomic mass is 32.2. The van der Waals surface area contributed by atoms with E-state index in [0.717, 1.165) is 27.8 Å². The highest BCUT2D eigenvalue weighted by Gasteiger charge is 2.34. The van der Waals surface area contributed by atoms with E-state index < -0.39 is 0 Å². The number of oxazole rings is 1. The number of carbonyl (C=O) groups is 3. The van der Waals surface area contributed by atoms with E-state index in [2.05, 4.69) is 10.3 Å². The molecule has 2 aliphatic heterocycles. The molecular weight excluding hydrogens is 470 g/mol. The normalized spacial score (nSPS) is 15.8. The lowest BCUT2D eigenvalue weighted by Gasteiger charge is -2.12. The minimum absolute atomic E-state index is 0.0893. The SMILES string of the molecule is O=C(CCc1ncc(-c2ccccc2)o1)NCCN1C(=O)S/C(=C\c2ccc3c(c2)OCO3)C1=O. The number of aryl methyl sites for hydroxylation is 1. The molecule has 0 saturated carbocycles. The third-order valence-corrected chi connectivity index (χ3v) is 6.31. The van der Waals surface area contributed by atoms with Crippen molar-refractivity contribution in [2.75, 3.05) is 19.9 Å². The van der Waals surface area contributed by atoms with Crippen LogP contribution >= 0.6 is 11.8 Å². The fourth-order valence-corrected chi connectivity index (χ4v) is 4.49. The Labute approximate surface area is 205 Å². The van der Waals surface area contributed by atoms with Gasteiger partial charge >= 0.3 is 0 Å². The number of ether oxygens (including phenoxy) is 2. The predicted molar refractivity (Wildman–Crippen MR) is 129 cm³/mol. The van der Waals surface area contributed by atoms with Gasteiger partial charge in [-0.3, -0.25) is 19.3 Å². The molecule has 1 N–H and O–H groups in total. The third kappa shape index (κ3) is 5.22. The zero-order valence-corrected chi connectivity index (χ0v) is 19.4. The van der Waals surface area contributed by atoms with Gasteiger partial charge in [-0.25, -0.2) is 4.98 Å². The maximum atomic E-state index is 12.7. The van der Waals surface area contributed by atoms with Crippen LogP contribution in [0.1, 0.15) is 17.9 Å². The van der Waals surface area contributed by atoms with Crippen molar-refractivity contribution in [3.63, 3.8) is 0 Å². The number of imide groups is 1. The molecular formula is C25H21N3O6S. The Morgan fingerprint density at radius 1 is 1.11 bits per heavy atom. The Bertz CT molecular complexity index is 1300. The number of benzene rings is 2. The first kappa shape index (κ1) is 22.7. The highest BCUT2D eigenvalue weighted by molar-refractivity contribution is 8.18. The van der Waals surface area contributed by atoms with Gasteiger partial charge in [0.2, 0.25) is 12.7 Å². The van der Waals surface area contributed by atoms with Gasteiger partial charge in [0, 0.05) is 31.5 Å². The number of carbonyl (C=O) groups excluding carboxylic acids is 3. The van der Waals surface area contributed by atoms with E-state index in [-0.39, 0.29) is 43.4 Å². The molecule has 2 aliphatic rings. The fourth-order valence-electron chi connectivity index (χ4n) is 3.62. The zero-order valence-electron chi connectivity index (χ0n) is 18.6. The van der Waals surface area contributed by atoms with Crippen LogP contribution < -0.4 is 14.8 Å². The monoisotopic (exact) mass is 491 g/mol. The van der Waals surface area contributed by atoms with Crippen LogP contribution in [0.15, 0.2) is 64.1 Å². The number of aromatic nitrogens is 1. The zero-order chi connectivity index (χ0) is 24.2. The van der Waals surface area contributed by atoms with E-state index in [1.807, 2.05) is 30.3 Å². The summed E-state index contributed by atoms with van der Waals surface area (Å²) < 4.78 is 16.3. The van der Waals surface area contributed by atoms with Gasteiger partial charge in [-0.2, -0.15) is 0 Å². The lowest BCUT2D eigenvalue weighted by molar-refractivity contribution is -0.124. The first-order valence-corrected chi connectivity index (χ1v) is 11.8. The Morgan fingerprint density at radius 2 is 1.94 bits per heavy atom. The number of hydrogen-bond donors (Lipinski definition) is 1. The van der Waals surface area contributed by atoms with Crippen LogP contribution in [0, 0.1) is 0 Å². The van der Waals surface area contributed by atoms with Crippen molar-refractivity contribution >= 4 is 34.9 Å². The third-order valence-electron chi connectivity index (χ3n) is 5.40. The molecule has 178 valence electrons. The van der Waals surface area contributed by atoms with E-state index in [1.165, 1.54) is 0 Å². The average molecular weight is 492 g/mol. The minimum Gasteiger partial charge on any atom is -0.454 e. The molecule has 0 bridgehead atoms. The van der Waals surface area contributed by atoms with Gasteiger partial charge in [0.25, 0.3) is 11.1 Å². The van der Waals surface area contributed by atoms with Crippen LogP contribution in [0.25, 0.3) is 17.4 Å². The summed E-state index contributed by atoms with van der Waals surface area (Å²) in [5.41, 5.74) is 1.65. The summed E-state index contributed by atoms with van der Waals surface area (Å²) in [7, 11) is 0. The molecule has 0 atom stereocenters. The molecule has 35 heavy (non-hydrogen) atoms. The van der Waals surface area contributed by atoms with Gasteiger partial charge in [0.1, 0.15) is 0 Å². The number of rotatable bonds is 8. The Balaban J connectivity index is 1.09. The summed E-state index contributed by atoms with van der Waals surface area (Å²) in [6.07, 6.45) is 3.81. The van der Waals surface area contributed by atoms with Crippen molar-refractivity contribution in [3.8, 4) is 22.8 Å². The average Bonchev–Trinajstić information content (AvgIpc) is 3.59. The number of nitrogens with zero attached hydrogens (tertiary/aromatic N) is 2. The molecule has 3 heterocycles. The summed E-state index contributed by atoms with van der Waals surface area (Å²) >= 11 is 0.870. The molecule has 3 aromatic rings. The van der Waals surface area contributed by atoms with Crippen molar-refractivity contribution in [3.05, 3.63) is 71.1 Å². The van der Waals surface area contributed by atoms with Crippen LogP contribution in [0.2, 0.25) is 0 Å². The van der Waals surface area contributed by atoms with Gasteiger partial charge in [-0.1, -0.05) is 36.4 Å². The van der Waals surface area contributed by atoms with Gasteiger partial charge in [-0.15, -0.1) is 0 Å². The fraction of sp³-hybridized carbons (Fsp3) is 0.200. The van der Waals surface area contributed by atoms with E-state index in [1.54, 1.807) is 30.5 Å². The van der Waals surface area contributed by atoms with Crippen molar-refractivity contribution in [1.29, 1.82) is 0 Å². The summed E-state index contributed by atoms with van der Waals surface area (Å²) in [6.45, 7) is 0.412. The second-order valence-corrected chi connectivity index (χ2v) is 8.77. The molecule has 10 heteroatoms. The van der Waals surface area contributed by atoms with E-state index in [0.29, 0.717) is 34.5 Å². The van der Waals surface area contributed by atoms with E-state index in [9.17, 15) is 14.4 Å². The van der Waals surface area contributed by atoms with Crippen LogP contribution in [-0.2, 0) is 16.0 Å². The quantitative estimate of drug-likeness (QED) is 0.473. The number of amides is 3. The van der Waals surface area contributed by atoms with E-state index in [4.69, 9.17) is 13.9 Å². The van der Waals surface area contributed by atoms with E-state index >= 15 is 0 Å². The maximum absolute atomic E-state index is 12.7. The first-order valence-electron chi connectivity index (χ1n) is 11.0. The summed E-state index contributed by atoms with van der Waals surface area (Å²) in [5, 5.41) is 2.37. The molecule has 0 aliphatic carbocycles. The van der Waals surface area contributed by atoms with Crippen LogP contribution in [0.5, 0.6) is 11.5 Å². The van der Waals surface area contributed by atoms with Gasteiger partial charge in [-0.05, 0) is 35.5 Å². The predicted octanol–water partition coefficient (Wildman–Crippen LogP) is 3.86. The van der Waals surface area contributed by atoms with Crippen molar-refractivity contribution in [1.82, 2.24) is 15.2 Å². The molecule has 5 rings (SSSR count). The molecule has 3 amide bonds. The molecule has 2 aromatic carbocycles. The standard InChI is InChI=1S/C25H21N3O6S/c29-22(8-9-23-27-14-20(34-23)17-4-2-1-3-5-17)26-10-11-28-24(30)21(35-25(28)31)13-16-6-7-18-19(12-16)33-15-32-18/h1-7,12-14H,8-11,15H2,(H,26,29)/b21-13-. The van der Waals surface area contributed by atoms with Crippen LogP contribution in [0.3, 0.4) is 0 Å². The lowest BCUT2D eigenvalue weighted by atomic mass is 10.2. The number of nitrogens with one attached hydrogen (secondary N) is 1. The molecule has 1 aromatic heterocycles. The summed E-state index contributed by atoms with van der Waals surface area (Å²) in [6, 6.07) is 14.9. The minimum atomic E-state index is -0.389. The highest BCUT2D eigenvalue weighted by Crippen LogP contribution is 2.36. The van der Waals surface area contributed by atoms with Crippen LogP contribution in [-0.4, -0.2) is 46.8 Å². The van der Waals surface area contributed by atoms with Crippen LogP contribution in [0.4, 0.5) is 4.79 Å². The second kappa shape index (κ2) is 10.1. The second-order valence-electron chi connectivity index (χ2n) is 7.78. The Hall–Kier alpha value is -4.05. The molecule has 1 saturated heterocycles. The lowest BCUT2D eigenvalue weighted by Crippen LogP contribution is -2.37. The van der Waals surface area contributed by atoms with Crippen molar-refractivity contribution in [2.45, 2.75) is 12.8 Å². The number of thioether (sulfide) groups is 1. The largest absolute Gasteiger partial charge is 0.454 e. The smallest absolute Gasteiger partial charge is 0.293 e. The molecule has 0 spiro atoms. The summed E-state index contributed by atoms with van der Waals surface area (Å²) in [4.78, 5) is 42.9. The Morgan fingerprint density at radius 3 is 2.80 bits per heavy atom. The topological polar surface area (TPSA) is 111 Å². The Kier molecular flexibility index (Phi) is 6.53. The molecule has 9 nitrogen and oxygen atoms in total. The van der Waals surface area contributed by atoms with Gasteiger partial charge in [0.05, 0.1) is 11.1 Å². The first-order chi connectivity index (χ1) is 17.1. The van der Waals surface area contributed by atoms with Gasteiger partial charge in [0.15, 0.2) is 23.1 Å². The summed E-state index contributed by atoms with van der Waals surface area (Å²) in [5.74, 6) is 1.76. The number of fused-ring (bicyclic) bond motifs is 1. The number of hydrogen-bond acceptors (Lipinski definition) is 8. The maximum Gasteiger partial charge on any atom is 0.293 e. The molecule has 1 fully saturated rings. The molecule has 0 radical (unpaired) electrons. The van der Waals surface area contributed by atoms with Gasteiger partial charge < -0.3 is 19.2 Å². The molecule has 0 unspecified atom stereocenters. The van der Waals surface area contributed by atoms with Crippen molar-refractivity contribution in [2.24, 2.45) is 0 Å². The van der Waals surface area contributed by atoms with Crippen molar-refractivity contribution < 1.29 is 28.3 Å².